The number of alkyl halides is 6. The highest BCUT2D eigenvalue weighted by Crippen LogP contribution is 2.38. The zero-order valence-electron chi connectivity index (χ0n) is 16.3. The summed E-state index contributed by atoms with van der Waals surface area (Å²) >= 11 is 0. The molecule has 2 aromatic rings. The second-order valence-corrected chi connectivity index (χ2v) is 7.23. The van der Waals surface area contributed by atoms with E-state index in [1.807, 2.05) is 4.90 Å². The monoisotopic (exact) mass is 447 g/mol. The van der Waals surface area contributed by atoms with Gasteiger partial charge in [-0.15, -0.1) is 5.10 Å². The van der Waals surface area contributed by atoms with Crippen molar-refractivity contribution in [3.63, 3.8) is 0 Å². The summed E-state index contributed by atoms with van der Waals surface area (Å²) in [6.45, 7) is 4.34. The summed E-state index contributed by atoms with van der Waals surface area (Å²) < 4.78 is 80.1. The van der Waals surface area contributed by atoms with Crippen molar-refractivity contribution < 1.29 is 31.1 Å². The van der Waals surface area contributed by atoms with Crippen molar-refractivity contribution >= 4 is 5.91 Å². The molecule has 1 amide bonds. The van der Waals surface area contributed by atoms with Crippen molar-refractivity contribution in [1.29, 1.82) is 0 Å². The zero-order chi connectivity index (χ0) is 23.0. The molecule has 1 aromatic carbocycles. The standard InChI is InChI=1S/C19H19F6N5O/c1-3-15(31)26-9-11-4-5-29(2)17(11)30-10-27-16(28-30)12-6-13(18(20,21)22)8-14(7-12)19(23,24)25/h3,6-8,10-11,17H,1,4-5,9H2,2H3,(H,26,31). The number of carbonyl (C=O) groups is 1. The van der Waals surface area contributed by atoms with E-state index in [4.69, 9.17) is 0 Å². The predicted octanol–water partition coefficient (Wildman–Crippen LogP) is 3.74. The van der Waals surface area contributed by atoms with E-state index in [2.05, 4.69) is 22.0 Å². The molecule has 0 spiro atoms. The second kappa shape index (κ2) is 8.33. The maximum absolute atomic E-state index is 13.1. The first kappa shape index (κ1) is 22.8. The number of amides is 1. The van der Waals surface area contributed by atoms with Gasteiger partial charge in [0.2, 0.25) is 5.91 Å². The third-order valence-corrected chi connectivity index (χ3v) is 5.08. The van der Waals surface area contributed by atoms with Gasteiger partial charge in [0.25, 0.3) is 0 Å². The molecular formula is C19H19F6N5O. The highest BCUT2D eigenvalue weighted by molar-refractivity contribution is 5.86. The molecule has 1 aliphatic heterocycles. The van der Waals surface area contributed by atoms with Crippen LogP contribution in [-0.2, 0) is 17.1 Å². The van der Waals surface area contributed by atoms with E-state index in [0.29, 0.717) is 31.6 Å². The Bertz CT molecular complexity index is 935. The van der Waals surface area contributed by atoms with E-state index in [-0.39, 0.29) is 29.9 Å². The lowest BCUT2D eigenvalue weighted by Crippen LogP contribution is -2.34. The average molecular weight is 447 g/mol. The summed E-state index contributed by atoms with van der Waals surface area (Å²) in [4.78, 5) is 17.3. The number of rotatable bonds is 5. The molecule has 1 saturated heterocycles. The minimum Gasteiger partial charge on any atom is -0.352 e. The molecule has 2 unspecified atom stereocenters. The number of benzene rings is 1. The van der Waals surface area contributed by atoms with E-state index >= 15 is 0 Å². The van der Waals surface area contributed by atoms with E-state index in [0.717, 1.165) is 6.08 Å². The topological polar surface area (TPSA) is 63.1 Å². The summed E-state index contributed by atoms with van der Waals surface area (Å²) in [5, 5.41) is 6.84. The van der Waals surface area contributed by atoms with Crippen LogP contribution in [0.2, 0.25) is 0 Å². The number of carbonyl (C=O) groups excluding carboxylic acids is 1. The van der Waals surface area contributed by atoms with Crippen molar-refractivity contribution in [2.24, 2.45) is 5.92 Å². The first-order valence-corrected chi connectivity index (χ1v) is 9.21. The molecule has 31 heavy (non-hydrogen) atoms. The van der Waals surface area contributed by atoms with Crippen molar-refractivity contribution in [3.8, 4) is 11.4 Å². The number of likely N-dealkylation sites (tertiary alicyclic amines) is 1. The Balaban J connectivity index is 1.94. The third-order valence-electron chi connectivity index (χ3n) is 5.08. The zero-order valence-corrected chi connectivity index (χ0v) is 16.3. The van der Waals surface area contributed by atoms with E-state index < -0.39 is 29.0 Å². The molecule has 1 aliphatic rings. The van der Waals surface area contributed by atoms with Crippen LogP contribution in [0.4, 0.5) is 26.3 Å². The molecule has 1 N–H and O–H groups in total. The third kappa shape index (κ3) is 5.06. The lowest BCUT2D eigenvalue weighted by molar-refractivity contribution is -0.143. The summed E-state index contributed by atoms with van der Waals surface area (Å²) in [7, 11) is 1.80. The van der Waals surface area contributed by atoms with Crippen LogP contribution in [-0.4, -0.2) is 45.7 Å². The quantitative estimate of drug-likeness (QED) is 0.561. The molecule has 6 nitrogen and oxygen atoms in total. The van der Waals surface area contributed by atoms with Gasteiger partial charge in [0.15, 0.2) is 5.82 Å². The molecule has 0 saturated carbocycles. The van der Waals surface area contributed by atoms with Crippen LogP contribution in [0.1, 0.15) is 23.7 Å². The van der Waals surface area contributed by atoms with Gasteiger partial charge in [-0.1, -0.05) is 6.58 Å². The first-order chi connectivity index (χ1) is 14.4. The molecule has 168 valence electrons. The maximum atomic E-state index is 13.1. The van der Waals surface area contributed by atoms with Crippen LogP contribution >= 0.6 is 0 Å². The average Bonchev–Trinajstić information content (AvgIpc) is 3.30. The van der Waals surface area contributed by atoms with Crippen LogP contribution < -0.4 is 5.32 Å². The van der Waals surface area contributed by atoms with Gasteiger partial charge in [0, 0.05) is 24.6 Å². The molecule has 12 heteroatoms. The van der Waals surface area contributed by atoms with Gasteiger partial charge in [0.1, 0.15) is 12.5 Å². The SMILES string of the molecule is C=CC(=O)NCC1CCN(C)C1n1cnc(-c2cc(C(F)(F)F)cc(C(F)(F)F)c2)n1. The predicted molar refractivity (Wildman–Crippen MR) is 98.4 cm³/mol. The maximum Gasteiger partial charge on any atom is 0.416 e. The smallest absolute Gasteiger partial charge is 0.352 e. The highest BCUT2D eigenvalue weighted by Gasteiger charge is 2.38. The largest absolute Gasteiger partial charge is 0.416 e. The molecule has 1 aromatic heterocycles. The summed E-state index contributed by atoms with van der Waals surface area (Å²) in [5.74, 6) is -0.697. The number of hydrogen-bond acceptors (Lipinski definition) is 4. The fourth-order valence-electron chi connectivity index (χ4n) is 3.56. The Morgan fingerprint density at radius 2 is 1.81 bits per heavy atom. The van der Waals surface area contributed by atoms with Gasteiger partial charge in [-0.2, -0.15) is 26.3 Å². The fourth-order valence-corrected chi connectivity index (χ4v) is 3.56. The van der Waals surface area contributed by atoms with Crippen LogP contribution in [0.15, 0.2) is 37.2 Å². The lowest BCUT2D eigenvalue weighted by atomic mass is 10.0. The van der Waals surface area contributed by atoms with E-state index in [1.54, 1.807) is 7.05 Å². The van der Waals surface area contributed by atoms with E-state index in [9.17, 15) is 31.1 Å². The van der Waals surface area contributed by atoms with Crippen molar-refractivity contribution in [2.45, 2.75) is 24.9 Å². The number of halogens is 6. The first-order valence-electron chi connectivity index (χ1n) is 9.21. The van der Waals surface area contributed by atoms with Crippen molar-refractivity contribution in [2.75, 3.05) is 20.1 Å². The van der Waals surface area contributed by atoms with Crippen molar-refractivity contribution in [3.05, 3.63) is 48.3 Å². The van der Waals surface area contributed by atoms with Crippen LogP contribution in [0, 0.1) is 5.92 Å². The number of nitrogens with zero attached hydrogens (tertiary/aromatic N) is 4. The molecule has 2 heterocycles. The molecule has 0 aliphatic carbocycles. The Labute approximate surface area is 173 Å². The van der Waals surface area contributed by atoms with Gasteiger partial charge in [0.05, 0.1) is 11.1 Å². The second-order valence-electron chi connectivity index (χ2n) is 7.23. The van der Waals surface area contributed by atoms with Gasteiger partial charge in [-0.05, 0) is 37.7 Å². The minimum atomic E-state index is -4.96. The van der Waals surface area contributed by atoms with E-state index in [1.165, 1.54) is 11.0 Å². The van der Waals surface area contributed by atoms with Crippen LogP contribution in [0.3, 0.4) is 0 Å². The number of aromatic nitrogens is 3. The van der Waals surface area contributed by atoms with Gasteiger partial charge in [-0.3, -0.25) is 9.69 Å². The van der Waals surface area contributed by atoms with Gasteiger partial charge < -0.3 is 5.32 Å². The Morgan fingerprint density at radius 3 is 2.35 bits per heavy atom. The molecular weight excluding hydrogens is 428 g/mol. The lowest BCUT2D eigenvalue weighted by Gasteiger charge is -2.25. The summed E-state index contributed by atoms with van der Waals surface area (Å²) in [6, 6.07) is 1.24. The van der Waals surface area contributed by atoms with Gasteiger partial charge >= 0.3 is 12.4 Å². The summed E-state index contributed by atoms with van der Waals surface area (Å²) in [5.41, 5.74) is -3.26. The molecule has 2 atom stereocenters. The molecule has 0 radical (unpaired) electrons. The van der Waals surface area contributed by atoms with Crippen LogP contribution in [0.25, 0.3) is 11.4 Å². The summed E-state index contributed by atoms with van der Waals surface area (Å²) in [6.07, 6.45) is -7.20. The van der Waals surface area contributed by atoms with Gasteiger partial charge in [-0.25, -0.2) is 9.67 Å². The molecule has 3 rings (SSSR count). The Kier molecular flexibility index (Phi) is 6.12. The molecule has 0 bridgehead atoms. The Hall–Kier alpha value is -2.89. The fraction of sp³-hybridized carbons (Fsp3) is 0.421. The number of hydrogen-bond donors (Lipinski definition) is 1. The van der Waals surface area contributed by atoms with Crippen LogP contribution in [0.5, 0.6) is 0 Å². The Morgan fingerprint density at radius 1 is 1.19 bits per heavy atom. The minimum absolute atomic E-state index is 0.0591. The normalized spacial score (nSPS) is 20.1. The highest BCUT2D eigenvalue weighted by atomic mass is 19.4. The molecule has 1 fully saturated rings. The van der Waals surface area contributed by atoms with Crippen molar-refractivity contribution in [1.82, 2.24) is 25.0 Å². The number of nitrogens with one attached hydrogen (secondary N) is 1.